The molecule has 11 heteroatoms. The van der Waals surface area contributed by atoms with E-state index in [0.29, 0.717) is 18.4 Å². The second kappa shape index (κ2) is 9.45. The summed E-state index contributed by atoms with van der Waals surface area (Å²) < 4.78 is 51.6. The first-order valence-electron chi connectivity index (χ1n) is 9.43. The van der Waals surface area contributed by atoms with Gasteiger partial charge in [-0.15, -0.1) is 0 Å². The number of halogens is 1. The summed E-state index contributed by atoms with van der Waals surface area (Å²) in [5.74, 6) is -2.62. The highest BCUT2D eigenvalue weighted by molar-refractivity contribution is 7.89. The molecule has 0 bridgehead atoms. The predicted octanol–water partition coefficient (Wildman–Crippen LogP) is 1.15. The number of hydroxylamine groups is 2. The molecule has 2 aliphatic heterocycles. The van der Waals surface area contributed by atoms with Crippen LogP contribution in [0.25, 0.3) is 0 Å². The summed E-state index contributed by atoms with van der Waals surface area (Å²) in [6.07, 6.45) is 0.898. The van der Waals surface area contributed by atoms with Crippen LogP contribution in [-0.2, 0) is 30.9 Å². The molecule has 2 fully saturated rings. The summed E-state index contributed by atoms with van der Waals surface area (Å²) in [5.41, 5.74) is 0.709. The monoisotopic (exact) mass is 432 g/mol. The summed E-state index contributed by atoms with van der Waals surface area (Å²) in [6.45, 7) is 0.701. The zero-order valence-electron chi connectivity index (χ0n) is 15.8. The van der Waals surface area contributed by atoms with Crippen LogP contribution in [0.15, 0.2) is 24.3 Å². The highest BCUT2D eigenvalue weighted by Gasteiger charge is 2.45. The molecule has 0 aliphatic carbocycles. The van der Waals surface area contributed by atoms with Gasteiger partial charge in [-0.1, -0.05) is 17.4 Å². The topological polar surface area (TPSA) is 117 Å². The van der Waals surface area contributed by atoms with Crippen molar-refractivity contribution in [2.45, 2.75) is 37.2 Å². The van der Waals surface area contributed by atoms with E-state index in [9.17, 15) is 17.6 Å². The van der Waals surface area contributed by atoms with E-state index in [4.69, 9.17) is 19.9 Å². The highest BCUT2D eigenvalue weighted by atomic mass is 32.2. The van der Waals surface area contributed by atoms with E-state index in [-0.39, 0.29) is 51.3 Å². The molecule has 0 spiro atoms. The van der Waals surface area contributed by atoms with Crippen LogP contribution in [0.3, 0.4) is 0 Å². The van der Waals surface area contributed by atoms with Crippen molar-refractivity contribution in [3.8, 4) is 0 Å². The molecule has 2 unspecified atom stereocenters. The standard InChI is InChI=1S/C18H25FN2O7S/c19-14-3-1-2-13(10-14)11-28-15-4-7-20(8-5-15)29(25,26)17-6-9-27-12-16(17)18(22)21(23)24/h1-3,10,15-17,23-24H,4-9,11-12H2. The minimum Gasteiger partial charge on any atom is -0.381 e. The fourth-order valence-corrected chi connectivity index (χ4v) is 5.85. The maximum Gasteiger partial charge on any atom is 0.279 e. The Morgan fingerprint density at radius 1 is 1.28 bits per heavy atom. The molecule has 1 aromatic carbocycles. The van der Waals surface area contributed by atoms with Crippen LogP contribution in [0.1, 0.15) is 24.8 Å². The van der Waals surface area contributed by atoms with Crippen molar-refractivity contribution in [1.82, 2.24) is 9.53 Å². The number of piperidine rings is 1. The number of hydrogen-bond acceptors (Lipinski definition) is 7. The number of amides is 1. The number of sulfonamides is 1. The molecule has 9 nitrogen and oxygen atoms in total. The van der Waals surface area contributed by atoms with Gasteiger partial charge in [0, 0.05) is 19.7 Å². The van der Waals surface area contributed by atoms with Crippen molar-refractivity contribution in [3.63, 3.8) is 0 Å². The Kier molecular flexibility index (Phi) is 7.19. The lowest BCUT2D eigenvalue weighted by Crippen LogP contribution is -2.53. The molecule has 0 radical (unpaired) electrons. The smallest absolute Gasteiger partial charge is 0.279 e. The van der Waals surface area contributed by atoms with Gasteiger partial charge < -0.3 is 9.47 Å². The Morgan fingerprint density at radius 2 is 2.00 bits per heavy atom. The lowest BCUT2D eigenvalue weighted by Gasteiger charge is -2.37. The van der Waals surface area contributed by atoms with Crippen LogP contribution < -0.4 is 0 Å². The van der Waals surface area contributed by atoms with Gasteiger partial charge in [-0.3, -0.25) is 15.2 Å². The first kappa shape index (κ1) is 22.1. The Labute approximate surface area is 168 Å². The summed E-state index contributed by atoms with van der Waals surface area (Å²) in [5, 5.41) is 16.4. The fraction of sp³-hybridized carbons (Fsp3) is 0.611. The number of hydrogen-bond donors (Lipinski definition) is 2. The van der Waals surface area contributed by atoms with Crippen molar-refractivity contribution in [2.75, 3.05) is 26.3 Å². The number of rotatable bonds is 6. The van der Waals surface area contributed by atoms with E-state index in [0.717, 1.165) is 0 Å². The number of carbonyl (C=O) groups excluding carboxylic acids is 1. The molecule has 2 saturated heterocycles. The SMILES string of the molecule is O=C(C1COCCC1S(=O)(=O)N1CCC(OCc2cccc(F)c2)CC1)N(O)O. The maximum atomic E-state index is 13.2. The molecule has 0 aromatic heterocycles. The van der Waals surface area contributed by atoms with Crippen molar-refractivity contribution < 1.29 is 37.5 Å². The van der Waals surface area contributed by atoms with Crippen molar-refractivity contribution in [1.29, 1.82) is 0 Å². The van der Waals surface area contributed by atoms with E-state index in [1.54, 1.807) is 12.1 Å². The van der Waals surface area contributed by atoms with Gasteiger partial charge in [0.2, 0.25) is 10.0 Å². The third-order valence-corrected chi connectivity index (χ3v) is 7.74. The van der Waals surface area contributed by atoms with Gasteiger partial charge in [-0.05, 0) is 37.0 Å². The number of carbonyl (C=O) groups is 1. The van der Waals surface area contributed by atoms with Crippen molar-refractivity contribution >= 4 is 15.9 Å². The zero-order chi connectivity index (χ0) is 21.0. The van der Waals surface area contributed by atoms with Gasteiger partial charge in [0.25, 0.3) is 5.91 Å². The Morgan fingerprint density at radius 3 is 2.66 bits per heavy atom. The van der Waals surface area contributed by atoms with Crippen LogP contribution in [-0.4, -0.2) is 71.9 Å². The average Bonchev–Trinajstić information content (AvgIpc) is 2.72. The highest BCUT2D eigenvalue weighted by Crippen LogP contribution is 2.28. The van der Waals surface area contributed by atoms with Crippen LogP contribution >= 0.6 is 0 Å². The fourth-order valence-electron chi connectivity index (χ4n) is 3.74. The van der Waals surface area contributed by atoms with E-state index >= 15 is 0 Å². The van der Waals surface area contributed by atoms with Crippen molar-refractivity contribution in [3.05, 3.63) is 35.6 Å². The van der Waals surface area contributed by atoms with E-state index in [1.165, 1.54) is 16.4 Å². The Bertz CT molecular complexity index is 812. The van der Waals surface area contributed by atoms with Gasteiger partial charge in [0.05, 0.1) is 30.5 Å². The minimum absolute atomic E-state index is 0.0998. The van der Waals surface area contributed by atoms with Crippen LogP contribution in [0.4, 0.5) is 4.39 Å². The molecule has 2 N–H and O–H groups in total. The normalized spacial score (nSPS) is 24.4. The van der Waals surface area contributed by atoms with Crippen LogP contribution in [0, 0.1) is 11.7 Å². The molecule has 162 valence electrons. The summed E-state index contributed by atoms with van der Waals surface area (Å²) in [7, 11) is -3.83. The molecular weight excluding hydrogens is 407 g/mol. The van der Waals surface area contributed by atoms with Gasteiger partial charge in [-0.2, -0.15) is 0 Å². The zero-order valence-corrected chi connectivity index (χ0v) is 16.6. The molecule has 3 rings (SSSR count). The van der Waals surface area contributed by atoms with Crippen LogP contribution in [0.2, 0.25) is 0 Å². The minimum atomic E-state index is -3.83. The molecule has 2 aliphatic rings. The molecule has 2 atom stereocenters. The Balaban J connectivity index is 1.57. The summed E-state index contributed by atoms with van der Waals surface area (Å²) >= 11 is 0. The molecule has 2 heterocycles. The Hall–Kier alpha value is -1.63. The van der Waals surface area contributed by atoms with Gasteiger partial charge in [0.1, 0.15) is 5.82 Å². The van der Waals surface area contributed by atoms with Gasteiger partial charge >= 0.3 is 0 Å². The van der Waals surface area contributed by atoms with Gasteiger partial charge in [0.15, 0.2) is 0 Å². The third kappa shape index (κ3) is 5.30. The van der Waals surface area contributed by atoms with Crippen LogP contribution in [0.5, 0.6) is 0 Å². The average molecular weight is 432 g/mol. The first-order valence-corrected chi connectivity index (χ1v) is 10.9. The van der Waals surface area contributed by atoms with Crippen molar-refractivity contribution in [2.24, 2.45) is 5.92 Å². The number of ether oxygens (including phenoxy) is 2. The molecule has 1 aromatic rings. The third-order valence-electron chi connectivity index (χ3n) is 5.33. The molecule has 1 amide bonds. The predicted molar refractivity (Wildman–Crippen MR) is 97.8 cm³/mol. The van der Waals surface area contributed by atoms with E-state index < -0.39 is 32.3 Å². The molecule has 0 saturated carbocycles. The molecule has 29 heavy (non-hydrogen) atoms. The summed E-state index contributed by atoms with van der Waals surface area (Å²) in [4.78, 5) is 11.9. The lowest BCUT2D eigenvalue weighted by atomic mass is 10.0. The van der Waals surface area contributed by atoms with E-state index in [1.807, 2.05) is 0 Å². The van der Waals surface area contributed by atoms with E-state index in [2.05, 4.69) is 0 Å². The molecular formula is C18H25FN2O7S. The maximum absolute atomic E-state index is 13.2. The quantitative estimate of drug-likeness (QED) is 0.512. The largest absolute Gasteiger partial charge is 0.381 e. The first-order chi connectivity index (χ1) is 13.8. The number of nitrogens with zero attached hydrogens (tertiary/aromatic N) is 2. The lowest BCUT2D eigenvalue weighted by molar-refractivity contribution is -0.289. The summed E-state index contributed by atoms with van der Waals surface area (Å²) in [6, 6.07) is 6.12. The number of benzene rings is 1. The second-order valence-electron chi connectivity index (χ2n) is 7.22. The second-order valence-corrected chi connectivity index (χ2v) is 9.37. The van der Waals surface area contributed by atoms with Gasteiger partial charge in [-0.25, -0.2) is 17.1 Å².